The van der Waals surface area contributed by atoms with Gasteiger partial charge >= 0.3 is 0 Å². The number of nitrogens with zero attached hydrogens (tertiary/aromatic N) is 1. The maximum atomic E-state index is 6.33. The molecule has 9 aromatic rings. The SMILES string of the molecule is Cc1ccccc1-c1cc(-c2c(Nc3cccc4oc5ccccc5c34)ccc3ccccc23)c2c(c1)N1c3ccccc3C(C)(C)c3cccc(c31)[B]2. The predicted octanol–water partition coefficient (Wildman–Crippen LogP) is 12.2. The monoisotopic (exact) mass is 691 g/mol. The van der Waals surface area contributed by atoms with Gasteiger partial charge in [0.15, 0.2) is 7.28 Å². The molecule has 0 bridgehead atoms. The molecule has 54 heavy (non-hydrogen) atoms. The molecule has 1 radical (unpaired) electrons. The Hall–Kier alpha value is -6.52. The van der Waals surface area contributed by atoms with Crippen molar-refractivity contribution in [2.45, 2.75) is 26.2 Å². The molecule has 3 nitrogen and oxygen atoms in total. The van der Waals surface area contributed by atoms with Crippen molar-refractivity contribution in [2.75, 3.05) is 10.2 Å². The summed E-state index contributed by atoms with van der Waals surface area (Å²) in [6.07, 6.45) is 0. The summed E-state index contributed by atoms with van der Waals surface area (Å²) >= 11 is 0. The van der Waals surface area contributed by atoms with E-state index in [1.165, 1.54) is 77.7 Å². The first-order valence-electron chi connectivity index (χ1n) is 18.8. The number of aryl methyl sites for hydroxylation is 1. The predicted molar refractivity (Wildman–Crippen MR) is 228 cm³/mol. The molecule has 0 atom stereocenters. The van der Waals surface area contributed by atoms with Gasteiger partial charge in [-0.2, -0.15) is 0 Å². The number of fused-ring (bicyclic) bond motifs is 8. The molecule has 3 heterocycles. The van der Waals surface area contributed by atoms with Gasteiger partial charge in [-0.1, -0.05) is 135 Å². The van der Waals surface area contributed by atoms with E-state index in [1.807, 2.05) is 12.1 Å². The third kappa shape index (κ3) is 4.43. The van der Waals surface area contributed by atoms with Crippen molar-refractivity contribution < 1.29 is 4.42 Å². The largest absolute Gasteiger partial charge is 0.456 e. The van der Waals surface area contributed by atoms with Crippen LogP contribution in [0.1, 0.15) is 30.5 Å². The number of anilines is 5. The van der Waals surface area contributed by atoms with Crippen molar-refractivity contribution >= 4 is 79.4 Å². The molecule has 8 aromatic carbocycles. The lowest BCUT2D eigenvalue weighted by Crippen LogP contribution is -2.45. The molecule has 0 spiro atoms. The van der Waals surface area contributed by atoms with Crippen LogP contribution in [0.25, 0.3) is 55.0 Å². The highest BCUT2D eigenvalue weighted by molar-refractivity contribution is 6.73. The fraction of sp³-hybridized carbons (Fsp3) is 0.0800. The molecule has 2 aliphatic heterocycles. The summed E-state index contributed by atoms with van der Waals surface area (Å²) in [4.78, 5) is 2.54. The molecule has 0 fully saturated rings. The molecule has 4 heteroatoms. The number of hydrogen-bond donors (Lipinski definition) is 1. The zero-order valence-electron chi connectivity index (χ0n) is 30.4. The summed E-state index contributed by atoms with van der Waals surface area (Å²) in [6, 6.07) is 57.3. The van der Waals surface area contributed by atoms with Gasteiger partial charge < -0.3 is 14.6 Å². The van der Waals surface area contributed by atoms with Gasteiger partial charge in [0.05, 0.1) is 16.8 Å². The molecule has 0 amide bonds. The summed E-state index contributed by atoms with van der Waals surface area (Å²) < 4.78 is 6.33. The van der Waals surface area contributed by atoms with E-state index in [4.69, 9.17) is 4.42 Å². The molecule has 2 aliphatic rings. The highest BCUT2D eigenvalue weighted by Crippen LogP contribution is 2.53. The lowest BCUT2D eigenvalue weighted by atomic mass is 9.55. The Kier molecular flexibility index (Phi) is 6.61. The van der Waals surface area contributed by atoms with Crippen molar-refractivity contribution in [3.05, 3.63) is 174 Å². The summed E-state index contributed by atoms with van der Waals surface area (Å²) in [5, 5.41) is 8.55. The molecule has 11 rings (SSSR count). The summed E-state index contributed by atoms with van der Waals surface area (Å²) in [7, 11) is 2.43. The lowest BCUT2D eigenvalue weighted by molar-refractivity contribution is 0.632. The number of rotatable bonds is 4. The zero-order valence-corrected chi connectivity index (χ0v) is 30.4. The Morgan fingerprint density at radius 3 is 2.24 bits per heavy atom. The number of para-hydroxylation sites is 3. The van der Waals surface area contributed by atoms with Crippen LogP contribution >= 0.6 is 0 Å². The molecular formula is C50H36BN2O. The minimum atomic E-state index is -0.148. The minimum absolute atomic E-state index is 0.148. The van der Waals surface area contributed by atoms with E-state index in [1.54, 1.807) is 0 Å². The van der Waals surface area contributed by atoms with E-state index in [-0.39, 0.29) is 5.41 Å². The van der Waals surface area contributed by atoms with Gasteiger partial charge in [-0.25, -0.2) is 0 Å². The average molecular weight is 692 g/mol. The summed E-state index contributed by atoms with van der Waals surface area (Å²) in [5.41, 5.74) is 18.5. The molecular weight excluding hydrogens is 655 g/mol. The fourth-order valence-corrected chi connectivity index (χ4v) is 9.22. The fourth-order valence-electron chi connectivity index (χ4n) is 9.22. The number of nitrogens with one attached hydrogen (secondary N) is 1. The van der Waals surface area contributed by atoms with E-state index in [0.717, 1.165) is 33.3 Å². The van der Waals surface area contributed by atoms with E-state index in [2.05, 4.69) is 184 Å². The van der Waals surface area contributed by atoms with Crippen molar-refractivity contribution in [1.29, 1.82) is 0 Å². The van der Waals surface area contributed by atoms with Crippen LogP contribution in [0, 0.1) is 6.92 Å². The van der Waals surface area contributed by atoms with Gasteiger partial charge in [0.25, 0.3) is 0 Å². The van der Waals surface area contributed by atoms with Crippen LogP contribution in [-0.2, 0) is 5.41 Å². The Morgan fingerprint density at radius 2 is 1.33 bits per heavy atom. The van der Waals surface area contributed by atoms with E-state index in [9.17, 15) is 0 Å². The Balaban J connectivity index is 1.23. The standard InChI is InChI=1S/C50H36BN2O/c1-30-14-4-6-16-33(30)32-28-36(48-43(29-32)53-42-23-10-9-19-37(42)50(2,3)38-20-12-21-39(51-48)49(38)53)46-34-17-7-5-15-31(34)26-27-41(46)52-40-22-13-25-45-47(40)35-18-8-11-24-44(35)54-45/h4-29,52H,1-3H3. The van der Waals surface area contributed by atoms with Crippen LogP contribution in [0.2, 0.25) is 0 Å². The van der Waals surface area contributed by atoms with E-state index >= 15 is 0 Å². The summed E-state index contributed by atoms with van der Waals surface area (Å²) in [6.45, 7) is 6.94. The molecule has 1 N–H and O–H groups in total. The number of benzene rings is 8. The first-order chi connectivity index (χ1) is 26.5. The first-order valence-corrected chi connectivity index (χ1v) is 18.8. The van der Waals surface area contributed by atoms with Gasteiger partial charge in [-0.15, -0.1) is 0 Å². The Morgan fingerprint density at radius 1 is 0.593 bits per heavy atom. The first kappa shape index (κ1) is 31.1. The maximum absolute atomic E-state index is 6.33. The van der Waals surface area contributed by atoms with Crippen molar-refractivity contribution in [2.24, 2.45) is 0 Å². The highest BCUT2D eigenvalue weighted by atomic mass is 16.3. The Bertz CT molecular complexity index is 3010. The van der Waals surface area contributed by atoms with Crippen molar-refractivity contribution in [1.82, 2.24) is 0 Å². The van der Waals surface area contributed by atoms with Crippen LogP contribution in [0.5, 0.6) is 0 Å². The second-order valence-electron chi connectivity index (χ2n) is 15.2. The van der Waals surface area contributed by atoms with Crippen LogP contribution in [0.15, 0.2) is 162 Å². The number of hydrogen-bond acceptors (Lipinski definition) is 3. The second kappa shape index (κ2) is 11.5. The van der Waals surface area contributed by atoms with E-state index in [0.29, 0.717) is 0 Å². The third-order valence-corrected chi connectivity index (χ3v) is 11.8. The number of furan rings is 1. The normalized spacial score (nSPS) is 13.7. The van der Waals surface area contributed by atoms with Gasteiger partial charge in [0.2, 0.25) is 0 Å². The maximum Gasteiger partial charge on any atom is 0.197 e. The molecule has 0 unspecified atom stereocenters. The van der Waals surface area contributed by atoms with Gasteiger partial charge in [0, 0.05) is 33.4 Å². The molecule has 1 aromatic heterocycles. The zero-order chi connectivity index (χ0) is 36.1. The topological polar surface area (TPSA) is 28.4 Å². The van der Waals surface area contributed by atoms with Gasteiger partial charge in [-0.3, -0.25) is 0 Å². The highest BCUT2D eigenvalue weighted by Gasteiger charge is 2.41. The molecule has 0 saturated heterocycles. The van der Waals surface area contributed by atoms with Crippen LogP contribution in [-0.4, -0.2) is 7.28 Å². The molecule has 0 saturated carbocycles. The summed E-state index contributed by atoms with van der Waals surface area (Å²) in [5.74, 6) is 0. The molecule has 255 valence electrons. The molecule has 0 aliphatic carbocycles. The van der Waals surface area contributed by atoms with Crippen LogP contribution < -0.4 is 21.1 Å². The minimum Gasteiger partial charge on any atom is -0.456 e. The van der Waals surface area contributed by atoms with Crippen LogP contribution in [0.4, 0.5) is 28.4 Å². The van der Waals surface area contributed by atoms with Crippen molar-refractivity contribution in [3.63, 3.8) is 0 Å². The Labute approximate surface area is 315 Å². The van der Waals surface area contributed by atoms with E-state index < -0.39 is 0 Å². The second-order valence-corrected chi connectivity index (χ2v) is 15.2. The van der Waals surface area contributed by atoms with Gasteiger partial charge in [0.1, 0.15) is 11.2 Å². The average Bonchev–Trinajstić information content (AvgIpc) is 3.59. The quantitative estimate of drug-likeness (QED) is 0.186. The van der Waals surface area contributed by atoms with Crippen molar-refractivity contribution in [3.8, 4) is 22.3 Å². The smallest absolute Gasteiger partial charge is 0.197 e. The van der Waals surface area contributed by atoms with Crippen LogP contribution in [0.3, 0.4) is 0 Å². The van der Waals surface area contributed by atoms with Gasteiger partial charge in [-0.05, 0) is 99.0 Å². The third-order valence-electron chi connectivity index (χ3n) is 11.8. The lowest BCUT2D eigenvalue weighted by Gasteiger charge is -2.46.